The van der Waals surface area contributed by atoms with E-state index in [1.54, 1.807) is 6.92 Å². The van der Waals surface area contributed by atoms with E-state index in [0.29, 0.717) is 31.3 Å². The molecule has 4 fully saturated rings. The minimum absolute atomic E-state index is 0.0294. The molecule has 0 aromatic carbocycles. The zero-order valence-electron chi connectivity index (χ0n) is 21.6. The fraction of sp³-hybridized carbons (Fsp3) is 0.852. The van der Waals surface area contributed by atoms with Gasteiger partial charge < -0.3 is 35.0 Å². The van der Waals surface area contributed by atoms with Crippen LogP contribution in [0.5, 0.6) is 0 Å². The van der Waals surface area contributed by atoms with Gasteiger partial charge in [-0.2, -0.15) is 8.78 Å². The Bertz CT molecular complexity index is 1000. The van der Waals surface area contributed by atoms with Crippen LogP contribution in [0.2, 0.25) is 0 Å². The molecule has 0 radical (unpaired) electrons. The van der Waals surface area contributed by atoms with Gasteiger partial charge in [-0.3, -0.25) is 9.59 Å². The number of aliphatic hydroxyl groups is 5. The SMILES string of the molecule is C[C@]12CC(F)(F)C(=O)C=C1CCC1C3CC[C@H](C(=O)CO[C@@H]4O[C@H](CO)[C@@H](O)[C@H](O)[C@H]4O)[C@@]3(C)C[C@@H](O)[C@H]12. The average molecular weight is 545 g/mol. The highest BCUT2D eigenvalue weighted by Gasteiger charge is 2.65. The van der Waals surface area contributed by atoms with E-state index in [9.17, 15) is 43.9 Å². The smallest absolute Gasteiger partial charge is 0.309 e. The Balaban J connectivity index is 1.31. The van der Waals surface area contributed by atoms with E-state index in [2.05, 4.69) is 0 Å². The van der Waals surface area contributed by atoms with Gasteiger partial charge in [0.05, 0.1) is 12.7 Å². The molecule has 9 nitrogen and oxygen atoms in total. The number of hydrogen-bond acceptors (Lipinski definition) is 9. The Morgan fingerprint density at radius 2 is 1.82 bits per heavy atom. The second kappa shape index (κ2) is 9.64. The maximum absolute atomic E-state index is 14.6. The lowest BCUT2D eigenvalue weighted by atomic mass is 9.45. The lowest BCUT2D eigenvalue weighted by molar-refractivity contribution is -0.299. The molecule has 12 atom stereocenters. The molecular weight excluding hydrogens is 506 g/mol. The predicted octanol–water partition coefficient (Wildman–Crippen LogP) is 0.736. The fourth-order valence-corrected chi connectivity index (χ4v) is 8.75. The van der Waals surface area contributed by atoms with Gasteiger partial charge in [0.2, 0.25) is 5.78 Å². The van der Waals surface area contributed by atoms with Gasteiger partial charge in [0.25, 0.3) is 0 Å². The first-order valence-corrected chi connectivity index (χ1v) is 13.5. The van der Waals surface area contributed by atoms with Crippen LogP contribution in [0.15, 0.2) is 11.6 Å². The molecule has 1 heterocycles. The molecule has 2 unspecified atom stereocenters. The lowest BCUT2D eigenvalue weighted by Crippen LogP contribution is -2.60. The van der Waals surface area contributed by atoms with Crippen LogP contribution < -0.4 is 0 Å². The minimum Gasteiger partial charge on any atom is -0.394 e. The Labute approximate surface area is 219 Å². The highest BCUT2D eigenvalue weighted by Crippen LogP contribution is 2.67. The van der Waals surface area contributed by atoms with E-state index in [0.717, 1.165) is 6.08 Å². The summed E-state index contributed by atoms with van der Waals surface area (Å²) < 4.78 is 40.0. The molecule has 5 rings (SSSR count). The van der Waals surface area contributed by atoms with E-state index in [4.69, 9.17) is 9.47 Å². The van der Waals surface area contributed by atoms with Gasteiger partial charge in [-0.25, -0.2) is 0 Å². The number of ketones is 2. The molecule has 0 amide bonds. The van der Waals surface area contributed by atoms with Gasteiger partial charge in [-0.1, -0.05) is 19.4 Å². The van der Waals surface area contributed by atoms with Gasteiger partial charge in [0.1, 0.15) is 31.0 Å². The van der Waals surface area contributed by atoms with Crippen LogP contribution in [0.3, 0.4) is 0 Å². The predicted molar refractivity (Wildman–Crippen MR) is 127 cm³/mol. The van der Waals surface area contributed by atoms with E-state index < -0.39 is 90.8 Å². The number of aliphatic hydroxyl groups excluding tert-OH is 5. The maximum atomic E-state index is 14.6. The molecule has 0 bridgehead atoms. The molecule has 11 heteroatoms. The standard InChI is InChI=1S/C27H38F2O9/c1-25-8-16(31)20-13(4-3-12-7-19(33)27(28,29)11-26(12,20)2)14(25)5-6-15(25)17(32)10-37-24-23(36)22(35)21(34)18(9-30)38-24/h7,13-16,18,20-24,30-31,34-36H,3-6,8-11H2,1-2H3/t13?,14?,15-,16-,18-,20+,21-,22+,23-,24-,25+,26+/m1/s1. The van der Waals surface area contributed by atoms with Crippen LogP contribution in [0.1, 0.15) is 52.4 Å². The molecule has 4 aliphatic carbocycles. The third-order valence-electron chi connectivity index (χ3n) is 10.5. The Morgan fingerprint density at radius 1 is 1.11 bits per heavy atom. The van der Waals surface area contributed by atoms with Crippen molar-refractivity contribution in [2.45, 2.75) is 95.1 Å². The van der Waals surface area contributed by atoms with Gasteiger partial charge in [0, 0.05) is 17.8 Å². The monoisotopic (exact) mass is 544 g/mol. The number of ether oxygens (including phenoxy) is 2. The van der Waals surface area contributed by atoms with Crippen LogP contribution in [0, 0.1) is 34.5 Å². The first kappa shape index (κ1) is 28.2. The molecule has 5 aliphatic rings. The van der Waals surface area contributed by atoms with Crippen molar-refractivity contribution in [3.63, 3.8) is 0 Å². The van der Waals surface area contributed by atoms with Crippen molar-refractivity contribution in [2.24, 2.45) is 34.5 Å². The number of hydrogen-bond donors (Lipinski definition) is 5. The third-order valence-corrected chi connectivity index (χ3v) is 10.5. The summed E-state index contributed by atoms with van der Waals surface area (Å²) in [5, 5.41) is 50.9. The number of rotatable bonds is 5. The summed E-state index contributed by atoms with van der Waals surface area (Å²) in [7, 11) is 0. The van der Waals surface area contributed by atoms with Gasteiger partial charge in [-0.05, 0) is 61.3 Å². The lowest BCUT2D eigenvalue weighted by Gasteiger charge is -2.60. The van der Waals surface area contributed by atoms with Crippen molar-refractivity contribution < 1.29 is 53.4 Å². The maximum Gasteiger partial charge on any atom is 0.309 e. The summed E-state index contributed by atoms with van der Waals surface area (Å²) in [6, 6.07) is 0. The molecule has 1 aliphatic heterocycles. The van der Waals surface area contributed by atoms with E-state index >= 15 is 0 Å². The first-order valence-electron chi connectivity index (χ1n) is 13.5. The second-order valence-corrected chi connectivity index (χ2v) is 12.5. The summed E-state index contributed by atoms with van der Waals surface area (Å²) in [6.07, 6.45) is -5.09. The molecule has 38 heavy (non-hydrogen) atoms. The normalized spacial score (nSPS) is 50.0. The molecule has 0 aromatic heterocycles. The highest BCUT2D eigenvalue weighted by molar-refractivity contribution is 5.97. The quantitative estimate of drug-likeness (QED) is 0.337. The third kappa shape index (κ3) is 4.20. The van der Waals surface area contributed by atoms with Gasteiger partial charge >= 0.3 is 5.92 Å². The Hall–Kier alpha value is -1.34. The highest BCUT2D eigenvalue weighted by atomic mass is 19.3. The van der Waals surface area contributed by atoms with Gasteiger partial charge in [-0.15, -0.1) is 0 Å². The van der Waals surface area contributed by atoms with Crippen molar-refractivity contribution in [3.8, 4) is 0 Å². The number of alkyl halides is 2. The summed E-state index contributed by atoms with van der Waals surface area (Å²) in [5.74, 6) is -5.82. The second-order valence-electron chi connectivity index (χ2n) is 12.5. The van der Waals surface area contributed by atoms with Gasteiger partial charge in [0.15, 0.2) is 12.1 Å². The zero-order chi connectivity index (χ0) is 27.8. The van der Waals surface area contributed by atoms with Crippen molar-refractivity contribution in [1.82, 2.24) is 0 Å². The minimum atomic E-state index is -3.46. The molecule has 5 N–H and O–H groups in total. The molecule has 1 saturated heterocycles. The summed E-state index contributed by atoms with van der Waals surface area (Å²) in [5.41, 5.74) is -0.882. The zero-order valence-corrected chi connectivity index (χ0v) is 21.6. The summed E-state index contributed by atoms with van der Waals surface area (Å²) >= 11 is 0. The molecule has 0 spiro atoms. The molecule has 0 aromatic rings. The van der Waals surface area contributed by atoms with E-state index in [1.807, 2.05) is 6.92 Å². The van der Waals surface area contributed by atoms with Crippen molar-refractivity contribution >= 4 is 11.6 Å². The van der Waals surface area contributed by atoms with Crippen LogP contribution in [0.25, 0.3) is 0 Å². The van der Waals surface area contributed by atoms with Crippen molar-refractivity contribution in [2.75, 3.05) is 13.2 Å². The van der Waals surface area contributed by atoms with Crippen molar-refractivity contribution in [3.05, 3.63) is 11.6 Å². The summed E-state index contributed by atoms with van der Waals surface area (Å²) in [4.78, 5) is 25.3. The number of carbonyl (C=O) groups is 2. The number of fused-ring (bicyclic) bond motifs is 5. The number of halogens is 2. The molecule has 3 saturated carbocycles. The average Bonchev–Trinajstić information content (AvgIpc) is 3.19. The topological polar surface area (TPSA) is 154 Å². The van der Waals surface area contributed by atoms with Crippen LogP contribution in [0.4, 0.5) is 8.78 Å². The number of carbonyl (C=O) groups excluding carboxylic acids is 2. The van der Waals surface area contributed by atoms with Crippen molar-refractivity contribution in [1.29, 1.82) is 0 Å². The van der Waals surface area contributed by atoms with E-state index in [1.165, 1.54) is 0 Å². The fourth-order valence-electron chi connectivity index (χ4n) is 8.75. The Kier molecular flexibility index (Phi) is 7.15. The van der Waals surface area contributed by atoms with E-state index in [-0.39, 0.29) is 24.0 Å². The van der Waals surface area contributed by atoms with Crippen LogP contribution in [-0.2, 0) is 19.1 Å². The molecule has 214 valence electrons. The summed E-state index contributed by atoms with van der Waals surface area (Å²) in [6.45, 7) is 2.66. The van der Waals surface area contributed by atoms with Crippen LogP contribution in [-0.4, -0.2) is 93.0 Å². The first-order chi connectivity index (χ1) is 17.7. The van der Waals surface area contributed by atoms with Crippen LogP contribution >= 0.6 is 0 Å². The Morgan fingerprint density at radius 3 is 2.50 bits per heavy atom. The number of Topliss-reactive ketones (excluding diaryl/α,β-unsaturated/α-hetero) is 1. The molecular formula is C27H38F2O9. The largest absolute Gasteiger partial charge is 0.394 e. The number of allylic oxidation sites excluding steroid dienone is 1.